The van der Waals surface area contributed by atoms with Gasteiger partial charge < -0.3 is 9.64 Å². The van der Waals surface area contributed by atoms with Crippen LogP contribution in [-0.2, 0) is 11.3 Å². The van der Waals surface area contributed by atoms with Crippen molar-refractivity contribution in [2.75, 3.05) is 18.0 Å². The van der Waals surface area contributed by atoms with Crippen molar-refractivity contribution in [1.29, 1.82) is 0 Å². The molecule has 4 heterocycles. The number of aromatic nitrogens is 5. The van der Waals surface area contributed by atoms with E-state index in [-0.39, 0.29) is 12.1 Å². The first kappa shape index (κ1) is 16.0. The normalized spacial score (nSPS) is 21.5. The fourth-order valence-corrected chi connectivity index (χ4v) is 3.97. The summed E-state index contributed by atoms with van der Waals surface area (Å²) in [6.45, 7) is 1.79. The molecule has 0 bridgehead atoms. The molecule has 1 saturated heterocycles. The van der Waals surface area contributed by atoms with Crippen molar-refractivity contribution in [3.05, 3.63) is 52.4 Å². The van der Waals surface area contributed by atoms with Crippen LogP contribution in [-0.4, -0.2) is 44.2 Å². The quantitative estimate of drug-likeness (QED) is 0.628. The maximum absolute atomic E-state index is 6.10. The van der Waals surface area contributed by atoms with Crippen molar-refractivity contribution in [3.63, 3.8) is 0 Å². The second-order valence-corrected chi connectivity index (χ2v) is 7.11. The molecule has 2 unspecified atom stereocenters. The molecular weight excluding hydrogens is 375 g/mol. The third-order valence-corrected chi connectivity index (χ3v) is 5.15. The SMILES string of the molecule is Clc1cc(Cl)nc(N2CC3OCc4c(-c5ccccc5)nnn4C3C2)n1. The number of anilines is 1. The van der Waals surface area contributed by atoms with Gasteiger partial charge in [0.25, 0.3) is 0 Å². The van der Waals surface area contributed by atoms with E-state index in [0.717, 1.165) is 17.0 Å². The van der Waals surface area contributed by atoms with Crippen molar-refractivity contribution in [2.45, 2.75) is 18.8 Å². The molecule has 0 spiro atoms. The maximum atomic E-state index is 6.10. The Kier molecular flexibility index (Phi) is 3.81. The molecule has 2 atom stereocenters. The molecule has 0 amide bonds. The van der Waals surface area contributed by atoms with Crippen LogP contribution in [0.25, 0.3) is 11.3 Å². The summed E-state index contributed by atoms with van der Waals surface area (Å²) in [6.07, 6.45) is -0.00539. The number of rotatable bonds is 2. The highest BCUT2D eigenvalue weighted by Crippen LogP contribution is 2.35. The second kappa shape index (κ2) is 6.19. The largest absolute Gasteiger partial charge is 0.368 e. The lowest BCUT2D eigenvalue weighted by atomic mass is 10.1. The lowest BCUT2D eigenvalue weighted by Gasteiger charge is -2.26. The Morgan fingerprint density at radius 3 is 2.58 bits per heavy atom. The number of nitrogens with zero attached hydrogens (tertiary/aromatic N) is 6. The summed E-state index contributed by atoms with van der Waals surface area (Å²) in [5.74, 6) is 0.505. The van der Waals surface area contributed by atoms with Crippen molar-refractivity contribution in [2.24, 2.45) is 0 Å². The molecule has 1 aromatic carbocycles. The lowest BCUT2D eigenvalue weighted by molar-refractivity contribution is -0.00227. The number of halogens is 2. The van der Waals surface area contributed by atoms with E-state index in [1.165, 1.54) is 6.07 Å². The standard InChI is InChI=1S/C17H14Cl2N6O/c18-14-6-15(19)21-17(20-14)24-7-11-13(8-24)26-9-12-16(22-23-25(11)12)10-4-2-1-3-5-10/h1-6,11,13H,7-9H2. The predicted octanol–water partition coefficient (Wildman–Crippen LogP) is 3.00. The van der Waals surface area contributed by atoms with Gasteiger partial charge in [0.15, 0.2) is 0 Å². The Morgan fingerprint density at radius 1 is 1.04 bits per heavy atom. The third kappa shape index (κ3) is 2.63. The van der Waals surface area contributed by atoms with Gasteiger partial charge in [-0.05, 0) is 0 Å². The molecule has 9 heteroatoms. The number of ether oxygens (including phenoxy) is 1. The van der Waals surface area contributed by atoms with E-state index in [0.29, 0.717) is 36.0 Å². The number of hydrogen-bond acceptors (Lipinski definition) is 6. The monoisotopic (exact) mass is 388 g/mol. The van der Waals surface area contributed by atoms with Gasteiger partial charge in [-0.3, -0.25) is 0 Å². The van der Waals surface area contributed by atoms with E-state index >= 15 is 0 Å². The van der Waals surface area contributed by atoms with Crippen LogP contribution in [0.3, 0.4) is 0 Å². The Hall–Kier alpha value is -2.22. The predicted molar refractivity (Wildman–Crippen MR) is 97.3 cm³/mol. The zero-order valence-electron chi connectivity index (χ0n) is 13.6. The van der Waals surface area contributed by atoms with Crippen LogP contribution in [0.4, 0.5) is 5.95 Å². The molecule has 7 nitrogen and oxygen atoms in total. The first-order valence-corrected chi connectivity index (χ1v) is 9.01. The van der Waals surface area contributed by atoms with Gasteiger partial charge in [0.2, 0.25) is 5.95 Å². The smallest absolute Gasteiger partial charge is 0.228 e. The van der Waals surface area contributed by atoms with Gasteiger partial charge in [0.1, 0.15) is 16.0 Å². The van der Waals surface area contributed by atoms with Crippen LogP contribution >= 0.6 is 23.2 Å². The van der Waals surface area contributed by atoms with E-state index in [1.807, 2.05) is 39.9 Å². The fraction of sp³-hybridized carbons (Fsp3) is 0.294. The molecular formula is C17H14Cl2N6O. The Labute approximate surface area is 159 Å². The van der Waals surface area contributed by atoms with Gasteiger partial charge in [-0.2, -0.15) is 0 Å². The van der Waals surface area contributed by atoms with Crippen LogP contribution in [0.15, 0.2) is 36.4 Å². The van der Waals surface area contributed by atoms with Gasteiger partial charge >= 0.3 is 0 Å². The van der Waals surface area contributed by atoms with Crippen LogP contribution in [0.2, 0.25) is 10.3 Å². The minimum atomic E-state index is -0.00539. The Bertz CT molecular complexity index is 943. The molecule has 26 heavy (non-hydrogen) atoms. The van der Waals surface area contributed by atoms with Gasteiger partial charge in [-0.1, -0.05) is 58.7 Å². The second-order valence-electron chi connectivity index (χ2n) is 6.33. The number of fused-ring (bicyclic) bond motifs is 3. The molecule has 3 aromatic rings. The molecule has 1 fully saturated rings. The number of benzene rings is 1. The minimum absolute atomic E-state index is 0.00539. The van der Waals surface area contributed by atoms with Crippen LogP contribution in [0.5, 0.6) is 0 Å². The highest BCUT2D eigenvalue weighted by molar-refractivity contribution is 6.33. The summed E-state index contributed by atoms with van der Waals surface area (Å²) < 4.78 is 8.07. The highest BCUT2D eigenvalue weighted by atomic mass is 35.5. The Balaban J connectivity index is 1.47. The van der Waals surface area contributed by atoms with E-state index in [9.17, 15) is 0 Å². The van der Waals surface area contributed by atoms with Crippen molar-refractivity contribution < 1.29 is 4.74 Å². The van der Waals surface area contributed by atoms with E-state index < -0.39 is 0 Å². The first-order chi connectivity index (χ1) is 12.7. The molecule has 132 valence electrons. The van der Waals surface area contributed by atoms with Crippen molar-refractivity contribution in [1.82, 2.24) is 25.0 Å². The van der Waals surface area contributed by atoms with Crippen LogP contribution in [0, 0.1) is 0 Å². The van der Waals surface area contributed by atoms with E-state index in [1.54, 1.807) is 0 Å². The molecule has 2 aliphatic heterocycles. The van der Waals surface area contributed by atoms with Gasteiger partial charge in [0, 0.05) is 24.7 Å². The summed E-state index contributed by atoms with van der Waals surface area (Å²) >= 11 is 12.0. The minimum Gasteiger partial charge on any atom is -0.368 e. The molecule has 0 aliphatic carbocycles. The van der Waals surface area contributed by atoms with Gasteiger partial charge in [-0.25, -0.2) is 14.6 Å². The average molecular weight is 389 g/mol. The summed E-state index contributed by atoms with van der Waals surface area (Å²) in [4.78, 5) is 10.6. The topological polar surface area (TPSA) is 69.0 Å². The Morgan fingerprint density at radius 2 is 1.81 bits per heavy atom. The fourth-order valence-electron chi connectivity index (χ4n) is 3.56. The molecule has 0 N–H and O–H groups in total. The zero-order valence-corrected chi connectivity index (χ0v) is 15.1. The van der Waals surface area contributed by atoms with E-state index in [2.05, 4.69) is 20.3 Å². The summed E-state index contributed by atoms with van der Waals surface area (Å²) in [5, 5.41) is 9.45. The zero-order chi connectivity index (χ0) is 17.7. The molecule has 0 radical (unpaired) electrons. The third-order valence-electron chi connectivity index (χ3n) is 4.76. The van der Waals surface area contributed by atoms with Gasteiger partial charge in [0.05, 0.1) is 24.4 Å². The summed E-state index contributed by atoms with van der Waals surface area (Å²) in [5.41, 5.74) is 2.89. The summed E-state index contributed by atoms with van der Waals surface area (Å²) in [7, 11) is 0. The maximum Gasteiger partial charge on any atom is 0.228 e. The van der Waals surface area contributed by atoms with Crippen LogP contribution in [0.1, 0.15) is 11.7 Å². The first-order valence-electron chi connectivity index (χ1n) is 8.25. The molecule has 2 aromatic heterocycles. The van der Waals surface area contributed by atoms with Crippen molar-refractivity contribution in [3.8, 4) is 11.3 Å². The van der Waals surface area contributed by atoms with Gasteiger partial charge in [-0.15, -0.1) is 5.10 Å². The van der Waals surface area contributed by atoms with Crippen molar-refractivity contribution >= 4 is 29.2 Å². The number of hydrogen-bond donors (Lipinski definition) is 0. The highest BCUT2D eigenvalue weighted by Gasteiger charge is 2.41. The van der Waals surface area contributed by atoms with E-state index in [4.69, 9.17) is 27.9 Å². The van der Waals surface area contributed by atoms with Crippen LogP contribution < -0.4 is 4.90 Å². The molecule has 0 saturated carbocycles. The average Bonchev–Trinajstić information content (AvgIpc) is 3.25. The molecule has 5 rings (SSSR count). The molecule has 2 aliphatic rings. The summed E-state index contributed by atoms with van der Waals surface area (Å²) in [6, 6.07) is 11.6. The lowest BCUT2D eigenvalue weighted by Crippen LogP contribution is -2.32.